The Hall–Kier alpha value is -2.42. The molecule has 3 aromatic rings. The zero-order valence-corrected chi connectivity index (χ0v) is 13.0. The summed E-state index contributed by atoms with van der Waals surface area (Å²) in [4.78, 5) is 8.52. The average molecular weight is 292 g/mol. The maximum absolute atomic E-state index is 5.91. The summed E-state index contributed by atoms with van der Waals surface area (Å²) in [5.74, 6) is 1.18. The van der Waals surface area contributed by atoms with Crippen molar-refractivity contribution in [1.82, 2.24) is 9.97 Å². The fourth-order valence-electron chi connectivity index (χ4n) is 2.68. The molecule has 0 aliphatic rings. The summed E-state index contributed by atoms with van der Waals surface area (Å²) in [6.45, 7) is 5.06. The van der Waals surface area contributed by atoms with Crippen LogP contribution in [-0.4, -0.2) is 16.6 Å². The van der Waals surface area contributed by atoms with Gasteiger partial charge in [0.25, 0.3) is 0 Å². The second kappa shape index (κ2) is 6.56. The molecule has 0 aliphatic heterocycles. The van der Waals surface area contributed by atoms with Crippen LogP contribution in [0.3, 0.4) is 0 Å². The van der Waals surface area contributed by atoms with Gasteiger partial charge in [0, 0.05) is 6.42 Å². The molecule has 2 aromatic carbocycles. The summed E-state index contributed by atoms with van der Waals surface area (Å²) in [6, 6.07) is 16.5. The minimum absolute atomic E-state index is 0.524. The highest BCUT2D eigenvalue weighted by Gasteiger charge is 2.07. The number of hydrogen-bond acceptors (Lipinski definition) is 3. The predicted octanol–water partition coefficient (Wildman–Crippen LogP) is 4.37. The predicted molar refractivity (Wildman–Crippen MR) is 89.3 cm³/mol. The van der Waals surface area contributed by atoms with Crippen molar-refractivity contribution in [3.63, 3.8) is 0 Å². The SMILES string of the molecule is CC(C)c1ccccc1CCOc1ncnc2ccccc12. The number of aromatic nitrogens is 2. The van der Waals surface area contributed by atoms with E-state index in [0.29, 0.717) is 18.4 Å². The van der Waals surface area contributed by atoms with Gasteiger partial charge in [-0.3, -0.25) is 0 Å². The zero-order chi connectivity index (χ0) is 15.4. The van der Waals surface area contributed by atoms with Crippen molar-refractivity contribution in [1.29, 1.82) is 0 Å². The molecule has 22 heavy (non-hydrogen) atoms. The van der Waals surface area contributed by atoms with Crippen LogP contribution in [0.25, 0.3) is 10.9 Å². The Morgan fingerprint density at radius 1 is 0.955 bits per heavy atom. The Labute approximate surface area is 131 Å². The molecule has 0 unspecified atom stereocenters. The Balaban J connectivity index is 1.73. The summed E-state index contributed by atoms with van der Waals surface area (Å²) >= 11 is 0. The molecule has 0 spiro atoms. The molecule has 0 aliphatic carbocycles. The van der Waals surface area contributed by atoms with Gasteiger partial charge in [-0.1, -0.05) is 50.2 Å². The normalized spacial score (nSPS) is 11.0. The lowest BCUT2D eigenvalue weighted by Gasteiger charge is -2.13. The molecular formula is C19H20N2O. The summed E-state index contributed by atoms with van der Waals surface area (Å²) in [5, 5.41) is 0.960. The highest BCUT2D eigenvalue weighted by atomic mass is 16.5. The lowest BCUT2D eigenvalue weighted by Crippen LogP contribution is -2.06. The van der Waals surface area contributed by atoms with Crippen molar-refractivity contribution >= 4 is 10.9 Å². The average Bonchev–Trinajstić information content (AvgIpc) is 2.55. The summed E-state index contributed by atoms with van der Waals surface area (Å²) in [7, 11) is 0. The standard InChI is InChI=1S/C19H20N2O/c1-14(2)16-8-4-3-7-15(16)11-12-22-19-17-9-5-6-10-18(17)20-13-21-19/h3-10,13-14H,11-12H2,1-2H3. The van der Waals surface area contributed by atoms with Gasteiger partial charge < -0.3 is 4.74 Å². The van der Waals surface area contributed by atoms with Crippen LogP contribution < -0.4 is 4.74 Å². The van der Waals surface area contributed by atoms with E-state index >= 15 is 0 Å². The van der Waals surface area contributed by atoms with E-state index in [4.69, 9.17) is 4.74 Å². The summed E-state index contributed by atoms with van der Waals surface area (Å²) in [6.07, 6.45) is 2.44. The number of nitrogens with zero attached hydrogens (tertiary/aromatic N) is 2. The molecule has 3 nitrogen and oxygen atoms in total. The van der Waals surface area contributed by atoms with E-state index in [2.05, 4.69) is 48.1 Å². The van der Waals surface area contributed by atoms with Gasteiger partial charge in [0.2, 0.25) is 5.88 Å². The number of benzene rings is 2. The first-order valence-electron chi connectivity index (χ1n) is 7.66. The molecule has 0 atom stereocenters. The highest BCUT2D eigenvalue weighted by Crippen LogP contribution is 2.22. The Kier molecular flexibility index (Phi) is 4.33. The molecule has 0 amide bonds. The van der Waals surface area contributed by atoms with E-state index < -0.39 is 0 Å². The van der Waals surface area contributed by atoms with Crippen LogP contribution in [-0.2, 0) is 6.42 Å². The smallest absolute Gasteiger partial charge is 0.224 e. The Morgan fingerprint density at radius 3 is 2.59 bits per heavy atom. The van der Waals surface area contributed by atoms with Crippen LogP contribution in [0.2, 0.25) is 0 Å². The van der Waals surface area contributed by atoms with Gasteiger partial charge >= 0.3 is 0 Å². The van der Waals surface area contributed by atoms with Gasteiger partial charge in [-0.25, -0.2) is 9.97 Å². The largest absolute Gasteiger partial charge is 0.477 e. The molecule has 0 N–H and O–H groups in total. The van der Waals surface area contributed by atoms with Crippen molar-refractivity contribution < 1.29 is 4.74 Å². The van der Waals surface area contributed by atoms with Gasteiger partial charge in [0.05, 0.1) is 17.5 Å². The van der Waals surface area contributed by atoms with Crippen LogP contribution in [0.5, 0.6) is 5.88 Å². The summed E-state index contributed by atoms with van der Waals surface area (Å²) in [5.41, 5.74) is 3.64. The number of rotatable bonds is 5. The minimum atomic E-state index is 0.524. The first-order valence-corrected chi connectivity index (χ1v) is 7.66. The Morgan fingerprint density at radius 2 is 1.73 bits per heavy atom. The first-order chi connectivity index (χ1) is 10.8. The van der Waals surface area contributed by atoms with Crippen LogP contribution in [0, 0.1) is 0 Å². The Bertz CT molecular complexity index is 763. The number of ether oxygens (including phenoxy) is 1. The second-order valence-electron chi connectivity index (χ2n) is 5.65. The maximum atomic E-state index is 5.91. The van der Waals surface area contributed by atoms with Crippen LogP contribution in [0.4, 0.5) is 0 Å². The monoisotopic (exact) mass is 292 g/mol. The van der Waals surface area contributed by atoms with Crippen molar-refractivity contribution in [3.8, 4) is 5.88 Å². The minimum Gasteiger partial charge on any atom is -0.477 e. The lowest BCUT2D eigenvalue weighted by atomic mass is 9.96. The van der Waals surface area contributed by atoms with Crippen molar-refractivity contribution in [2.75, 3.05) is 6.61 Å². The topological polar surface area (TPSA) is 35.0 Å². The van der Waals surface area contributed by atoms with Gasteiger partial charge in [0.15, 0.2) is 0 Å². The zero-order valence-electron chi connectivity index (χ0n) is 13.0. The first kappa shape index (κ1) is 14.5. The van der Waals surface area contributed by atoms with Gasteiger partial charge in [-0.05, 0) is 29.2 Å². The third-order valence-electron chi connectivity index (χ3n) is 3.79. The lowest BCUT2D eigenvalue weighted by molar-refractivity contribution is 0.313. The third kappa shape index (κ3) is 3.08. The van der Waals surface area contributed by atoms with Gasteiger partial charge in [-0.2, -0.15) is 0 Å². The van der Waals surface area contributed by atoms with Gasteiger partial charge in [0.1, 0.15) is 6.33 Å². The van der Waals surface area contributed by atoms with Gasteiger partial charge in [-0.15, -0.1) is 0 Å². The van der Waals surface area contributed by atoms with E-state index in [1.807, 2.05) is 24.3 Å². The molecule has 3 heteroatoms. The molecule has 0 radical (unpaired) electrons. The number of fused-ring (bicyclic) bond motifs is 1. The quantitative estimate of drug-likeness (QED) is 0.700. The molecule has 0 fully saturated rings. The molecule has 1 aromatic heterocycles. The van der Waals surface area contributed by atoms with Crippen molar-refractivity contribution in [3.05, 3.63) is 66.0 Å². The van der Waals surface area contributed by atoms with Crippen LogP contribution in [0.1, 0.15) is 30.9 Å². The number of para-hydroxylation sites is 1. The van der Waals surface area contributed by atoms with E-state index in [1.165, 1.54) is 11.1 Å². The number of hydrogen-bond donors (Lipinski definition) is 0. The van der Waals surface area contributed by atoms with E-state index in [-0.39, 0.29) is 0 Å². The van der Waals surface area contributed by atoms with Crippen molar-refractivity contribution in [2.24, 2.45) is 0 Å². The second-order valence-corrected chi connectivity index (χ2v) is 5.65. The molecule has 0 saturated carbocycles. The van der Waals surface area contributed by atoms with Crippen LogP contribution >= 0.6 is 0 Å². The molecule has 0 saturated heterocycles. The molecule has 1 heterocycles. The maximum Gasteiger partial charge on any atom is 0.224 e. The third-order valence-corrected chi connectivity index (χ3v) is 3.79. The molecule has 0 bridgehead atoms. The molecule has 3 rings (SSSR count). The van der Waals surface area contributed by atoms with E-state index in [9.17, 15) is 0 Å². The summed E-state index contributed by atoms with van der Waals surface area (Å²) < 4.78 is 5.91. The highest BCUT2D eigenvalue weighted by molar-refractivity contribution is 5.82. The molecule has 112 valence electrons. The molecular weight excluding hydrogens is 272 g/mol. The van der Waals surface area contributed by atoms with Crippen molar-refractivity contribution in [2.45, 2.75) is 26.2 Å². The van der Waals surface area contributed by atoms with E-state index in [0.717, 1.165) is 17.3 Å². The van der Waals surface area contributed by atoms with Crippen LogP contribution in [0.15, 0.2) is 54.9 Å². The van der Waals surface area contributed by atoms with E-state index in [1.54, 1.807) is 6.33 Å². The fraction of sp³-hybridized carbons (Fsp3) is 0.263. The fourth-order valence-corrected chi connectivity index (χ4v) is 2.68.